The molecule has 0 spiro atoms. The molecule has 4 rings (SSSR count). The number of hydrogen-bond acceptors (Lipinski definition) is 5. The molecule has 3 heterocycles. The molecule has 2 aromatic heterocycles. The van der Waals surface area contributed by atoms with Crippen molar-refractivity contribution in [3.05, 3.63) is 76.7 Å². The molecule has 6 heteroatoms. The smallest absolute Gasteiger partial charge is 0.153 e. The first-order valence-electron chi connectivity index (χ1n) is 7.73. The Labute approximate surface area is 139 Å². The number of hydrogen-bond donors (Lipinski definition) is 4. The molecule has 0 bridgehead atoms. The summed E-state index contributed by atoms with van der Waals surface area (Å²) in [5, 5.41) is 16.2. The van der Waals surface area contributed by atoms with Gasteiger partial charge in [0.1, 0.15) is 11.5 Å². The zero-order valence-corrected chi connectivity index (χ0v) is 13.2. The van der Waals surface area contributed by atoms with Crippen LogP contribution in [0.25, 0.3) is 11.9 Å². The zero-order valence-electron chi connectivity index (χ0n) is 13.2. The van der Waals surface area contributed by atoms with Crippen LogP contribution in [0.3, 0.4) is 0 Å². The van der Waals surface area contributed by atoms with Gasteiger partial charge in [0.15, 0.2) is 5.66 Å². The normalized spacial score (nSPS) is 19.2. The standard InChI is InChI=1S/C18H18N6/c1-12-10-16(24-23-12)18(19)11-13-4-2-3-5-15(13)17(22-18)21-14-6-8-20-9-7-14/h2-11,22H,19H2,1H3,(H,20,21)(H,23,24). The quantitative estimate of drug-likeness (QED) is 0.564. The molecule has 0 amide bonds. The van der Waals surface area contributed by atoms with E-state index in [-0.39, 0.29) is 0 Å². The van der Waals surface area contributed by atoms with Gasteiger partial charge in [0, 0.05) is 29.0 Å². The van der Waals surface area contributed by atoms with Crippen molar-refractivity contribution in [3.8, 4) is 0 Å². The summed E-state index contributed by atoms with van der Waals surface area (Å²) in [5.74, 6) is 0.836. The van der Waals surface area contributed by atoms with Crippen molar-refractivity contribution in [3.63, 3.8) is 0 Å². The highest BCUT2D eigenvalue weighted by Crippen LogP contribution is 2.19. The van der Waals surface area contributed by atoms with E-state index in [0.29, 0.717) is 0 Å². The SMILES string of the molecule is Cc1cc(C2(N)C=c3ccccc3=C(Nc3ccncc3)N2)n[nH]1. The van der Waals surface area contributed by atoms with Crippen LogP contribution in [-0.4, -0.2) is 15.2 Å². The first-order valence-corrected chi connectivity index (χ1v) is 7.73. The lowest BCUT2D eigenvalue weighted by Crippen LogP contribution is -2.56. The topological polar surface area (TPSA) is 91.7 Å². The Bertz CT molecular complexity index is 992. The minimum absolute atomic E-state index is 0.739. The number of pyridine rings is 1. The van der Waals surface area contributed by atoms with Crippen LogP contribution in [0.15, 0.2) is 54.9 Å². The fourth-order valence-corrected chi connectivity index (χ4v) is 2.85. The number of anilines is 1. The van der Waals surface area contributed by atoms with E-state index in [2.05, 4.69) is 31.9 Å². The number of benzene rings is 1. The third-order valence-electron chi connectivity index (χ3n) is 4.02. The van der Waals surface area contributed by atoms with Crippen molar-refractivity contribution in [2.45, 2.75) is 12.6 Å². The van der Waals surface area contributed by atoms with Crippen molar-refractivity contribution >= 4 is 17.6 Å². The van der Waals surface area contributed by atoms with Crippen LogP contribution in [0.5, 0.6) is 0 Å². The van der Waals surface area contributed by atoms with E-state index in [1.165, 1.54) is 0 Å². The van der Waals surface area contributed by atoms with E-state index >= 15 is 0 Å². The molecule has 0 fully saturated rings. The second-order valence-corrected chi connectivity index (χ2v) is 5.90. The van der Waals surface area contributed by atoms with Gasteiger partial charge in [0.25, 0.3) is 0 Å². The number of H-pyrrole nitrogens is 1. The molecule has 1 aliphatic heterocycles. The van der Waals surface area contributed by atoms with Gasteiger partial charge in [-0.15, -0.1) is 0 Å². The predicted molar refractivity (Wildman–Crippen MR) is 93.8 cm³/mol. The number of fused-ring (bicyclic) bond motifs is 1. The van der Waals surface area contributed by atoms with E-state index in [4.69, 9.17) is 5.73 Å². The Morgan fingerprint density at radius 3 is 2.67 bits per heavy atom. The second kappa shape index (κ2) is 5.50. The molecule has 5 N–H and O–H groups in total. The van der Waals surface area contributed by atoms with Gasteiger partial charge in [-0.2, -0.15) is 5.10 Å². The Morgan fingerprint density at radius 2 is 1.92 bits per heavy atom. The largest absolute Gasteiger partial charge is 0.345 e. The van der Waals surface area contributed by atoms with Crippen molar-refractivity contribution < 1.29 is 0 Å². The first-order chi connectivity index (χ1) is 11.6. The van der Waals surface area contributed by atoms with E-state index in [0.717, 1.165) is 33.3 Å². The molecule has 1 atom stereocenters. The first kappa shape index (κ1) is 14.5. The van der Waals surface area contributed by atoms with E-state index in [1.54, 1.807) is 12.4 Å². The molecule has 0 radical (unpaired) electrons. The van der Waals surface area contributed by atoms with Gasteiger partial charge in [-0.25, -0.2) is 0 Å². The van der Waals surface area contributed by atoms with Gasteiger partial charge in [-0.3, -0.25) is 10.1 Å². The Hall–Kier alpha value is -3.12. The summed E-state index contributed by atoms with van der Waals surface area (Å²) in [6, 6.07) is 13.9. The molecule has 0 saturated heterocycles. The second-order valence-electron chi connectivity index (χ2n) is 5.90. The van der Waals surface area contributed by atoms with Gasteiger partial charge in [-0.1, -0.05) is 24.3 Å². The van der Waals surface area contributed by atoms with Gasteiger partial charge in [0.2, 0.25) is 0 Å². The average molecular weight is 318 g/mol. The minimum atomic E-state index is -0.894. The number of nitrogens with zero attached hydrogens (tertiary/aromatic N) is 2. The highest BCUT2D eigenvalue weighted by Gasteiger charge is 2.30. The number of aryl methyl sites for hydroxylation is 1. The highest BCUT2D eigenvalue weighted by molar-refractivity contribution is 5.67. The van der Waals surface area contributed by atoms with E-state index in [9.17, 15) is 0 Å². The zero-order chi connectivity index (χ0) is 16.6. The van der Waals surface area contributed by atoms with Crippen LogP contribution < -0.4 is 26.8 Å². The van der Waals surface area contributed by atoms with Crippen molar-refractivity contribution in [1.82, 2.24) is 20.5 Å². The highest BCUT2D eigenvalue weighted by atomic mass is 15.2. The van der Waals surface area contributed by atoms with Gasteiger partial charge in [0.05, 0.1) is 0 Å². The van der Waals surface area contributed by atoms with Crippen LogP contribution in [-0.2, 0) is 5.66 Å². The summed E-state index contributed by atoms with van der Waals surface area (Å²) in [4.78, 5) is 4.05. The van der Waals surface area contributed by atoms with Crippen LogP contribution in [0, 0.1) is 6.92 Å². The maximum Gasteiger partial charge on any atom is 0.153 e. The molecule has 120 valence electrons. The lowest BCUT2D eigenvalue weighted by molar-refractivity contribution is 0.516. The lowest BCUT2D eigenvalue weighted by Gasteiger charge is -2.31. The third kappa shape index (κ3) is 2.53. The maximum atomic E-state index is 6.63. The molecular weight excluding hydrogens is 300 g/mol. The Morgan fingerprint density at radius 1 is 1.12 bits per heavy atom. The summed E-state index contributed by atoms with van der Waals surface area (Å²) in [5.41, 5.74) is 8.38. The number of nitrogens with one attached hydrogen (secondary N) is 3. The summed E-state index contributed by atoms with van der Waals surface area (Å²) in [7, 11) is 0. The molecule has 3 aromatic rings. The molecular formula is C18H18N6. The van der Waals surface area contributed by atoms with Crippen molar-refractivity contribution in [2.24, 2.45) is 5.73 Å². The summed E-state index contributed by atoms with van der Waals surface area (Å²) in [6.07, 6.45) is 5.49. The van der Waals surface area contributed by atoms with Gasteiger partial charge < -0.3 is 16.4 Å². The molecule has 1 unspecified atom stereocenters. The molecule has 1 aliphatic rings. The number of aromatic nitrogens is 3. The van der Waals surface area contributed by atoms with E-state index in [1.807, 2.05) is 49.4 Å². The number of aromatic amines is 1. The molecule has 0 aliphatic carbocycles. The molecule has 24 heavy (non-hydrogen) atoms. The number of rotatable bonds is 3. The number of nitrogens with two attached hydrogens (primary N) is 1. The molecule has 6 nitrogen and oxygen atoms in total. The van der Waals surface area contributed by atoms with Crippen LogP contribution in [0.2, 0.25) is 0 Å². The van der Waals surface area contributed by atoms with Crippen molar-refractivity contribution in [2.75, 3.05) is 5.32 Å². The average Bonchev–Trinajstić information content (AvgIpc) is 3.03. The maximum absolute atomic E-state index is 6.63. The third-order valence-corrected chi connectivity index (χ3v) is 4.02. The summed E-state index contributed by atoms with van der Waals surface area (Å²) < 4.78 is 0. The van der Waals surface area contributed by atoms with Gasteiger partial charge in [-0.05, 0) is 36.4 Å². The summed E-state index contributed by atoms with van der Waals surface area (Å²) >= 11 is 0. The van der Waals surface area contributed by atoms with Crippen LogP contribution >= 0.6 is 0 Å². The van der Waals surface area contributed by atoms with E-state index < -0.39 is 5.66 Å². The predicted octanol–water partition coefficient (Wildman–Crippen LogP) is 0.486. The summed E-state index contributed by atoms with van der Waals surface area (Å²) in [6.45, 7) is 1.95. The van der Waals surface area contributed by atoms with Gasteiger partial charge >= 0.3 is 0 Å². The Kier molecular flexibility index (Phi) is 3.32. The molecule has 1 aromatic carbocycles. The van der Waals surface area contributed by atoms with Crippen LogP contribution in [0.1, 0.15) is 11.4 Å². The monoisotopic (exact) mass is 318 g/mol. The minimum Gasteiger partial charge on any atom is -0.345 e. The fraction of sp³-hybridized carbons (Fsp3) is 0.111. The van der Waals surface area contributed by atoms with Crippen molar-refractivity contribution in [1.29, 1.82) is 0 Å². The van der Waals surface area contributed by atoms with Crippen LogP contribution in [0.4, 0.5) is 5.69 Å². The lowest BCUT2D eigenvalue weighted by atomic mass is 10.0. The molecule has 0 saturated carbocycles. The fourth-order valence-electron chi connectivity index (χ4n) is 2.85. The Balaban J connectivity index is 1.85.